The van der Waals surface area contributed by atoms with E-state index in [2.05, 4.69) is 19.2 Å². The van der Waals surface area contributed by atoms with Gasteiger partial charge in [0.2, 0.25) is 0 Å². The maximum absolute atomic E-state index is 12.7. The molecular weight excluding hydrogens is 411 g/mol. The molecule has 0 radical (unpaired) electrons. The molecule has 0 amide bonds. The lowest BCUT2D eigenvalue weighted by Gasteiger charge is -2.36. The highest BCUT2D eigenvalue weighted by Crippen LogP contribution is 2.56. The van der Waals surface area contributed by atoms with Crippen LogP contribution in [0.1, 0.15) is 24.7 Å². The molecule has 2 saturated carbocycles. The summed E-state index contributed by atoms with van der Waals surface area (Å²) in [5, 5.41) is 0. The van der Waals surface area contributed by atoms with Gasteiger partial charge in [-0.05, 0) is 36.7 Å². The highest BCUT2D eigenvalue weighted by atomic mass is 19.4. The van der Waals surface area contributed by atoms with Crippen LogP contribution in [-0.4, -0.2) is 58.1 Å². The summed E-state index contributed by atoms with van der Waals surface area (Å²) in [6, 6.07) is 2.25. The third-order valence-electron chi connectivity index (χ3n) is 7.02. The van der Waals surface area contributed by atoms with E-state index in [4.69, 9.17) is 15.5 Å². The Morgan fingerprint density at radius 3 is 2.55 bits per heavy atom. The number of hydrogen-bond donors (Lipinski definition) is 1. The number of imidazole rings is 1. The van der Waals surface area contributed by atoms with Gasteiger partial charge in [-0.1, -0.05) is 0 Å². The summed E-state index contributed by atoms with van der Waals surface area (Å²) in [4.78, 5) is 11.2. The Morgan fingerprint density at radius 1 is 1.19 bits per heavy atom. The molecule has 2 aromatic rings. The molecular formula is C21H24F3N5O2. The number of pyridine rings is 1. The lowest BCUT2D eigenvalue weighted by Crippen LogP contribution is -2.49. The molecule has 2 unspecified atom stereocenters. The minimum absolute atomic E-state index is 0.296. The van der Waals surface area contributed by atoms with Gasteiger partial charge in [0.15, 0.2) is 11.6 Å². The van der Waals surface area contributed by atoms with Crippen LogP contribution in [0.25, 0.3) is 11.3 Å². The molecule has 6 rings (SSSR count). The topological polar surface area (TPSA) is 78.4 Å². The monoisotopic (exact) mass is 435 g/mol. The van der Waals surface area contributed by atoms with Crippen molar-refractivity contribution in [3.05, 3.63) is 24.3 Å². The molecule has 2 N–H and O–H groups in total. The summed E-state index contributed by atoms with van der Waals surface area (Å²) in [6.45, 7) is 3.82. The Balaban J connectivity index is 1.26. The Bertz CT molecular complexity index is 989. The second-order valence-electron chi connectivity index (χ2n) is 9.22. The predicted octanol–water partition coefficient (Wildman–Crippen LogP) is 2.88. The number of aromatic nitrogens is 3. The smallest absolute Gasteiger partial charge is 0.402 e. The van der Waals surface area contributed by atoms with Crippen LogP contribution in [0.15, 0.2) is 18.5 Å². The van der Waals surface area contributed by atoms with Crippen molar-refractivity contribution in [3.8, 4) is 17.0 Å². The molecule has 0 bridgehead atoms. The molecule has 2 atom stereocenters. The number of nitrogens with two attached hydrogens (primary N) is 1. The van der Waals surface area contributed by atoms with E-state index in [1.807, 2.05) is 6.20 Å². The summed E-state index contributed by atoms with van der Waals surface area (Å²) in [5.41, 5.74) is 6.67. The first-order valence-electron chi connectivity index (χ1n) is 10.8. The van der Waals surface area contributed by atoms with Crippen LogP contribution in [0, 0.1) is 17.8 Å². The summed E-state index contributed by atoms with van der Waals surface area (Å²) >= 11 is 0. The molecule has 2 aliphatic heterocycles. The number of piperidine rings is 1. The number of halogens is 3. The summed E-state index contributed by atoms with van der Waals surface area (Å²) in [5.74, 6) is 2.10. The van der Waals surface area contributed by atoms with E-state index in [0.29, 0.717) is 41.1 Å². The largest absolute Gasteiger partial charge is 0.573 e. The first kappa shape index (κ1) is 19.4. The van der Waals surface area contributed by atoms with Crippen molar-refractivity contribution >= 4 is 5.82 Å². The van der Waals surface area contributed by atoms with Gasteiger partial charge in [-0.25, -0.2) is 9.97 Å². The Kier molecular flexibility index (Phi) is 4.27. The minimum atomic E-state index is -4.83. The van der Waals surface area contributed by atoms with Gasteiger partial charge in [0.05, 0.1) is 24.9 Å². The van der Waals surface area contributed by atoms with E-state index in [9.17, 15) is 13.2 Å². The average Bonchev–Trinajstić information content (AvgIpc) is 3.50. The molecule has 4 aliphatic rings. The lowest BCUT2D eigenvalue weighted by atomic mass is 10.2. The van der Waals surface area contributed by atoms with E-state index in [1.165, 1.54) is 25.1 Å². The van der Waals surface area contributed by atoms with Gasteiger partial charge in [-0.3, -0.25) is 4.90 Å². The van der Waals surface area contributed by atoms with Gasteiger partial charge in [0.25, 0.3) is 0 Å². The third-order valence-corrected chi connectivity index (χ3v) is 7.02. The number of fused-ring (bicyclic) bond motifs is 1. The van der Waals surface area contributed by atoms with Gasteiger partial charge >= 0.3 is 6.36 Å². The number of rotatable bonds is 6. The van der Waals surface area contributed by atoms with Gasteiger partial charge in [0.1, 0.15) is 5.82 Å². The van der Waals surface area contributed by atoms with Crippen LogP contribution in [0.4, 0.5) is 19.0 Å². The van der Waals surface area contributed by atoms with Crippen molar-refractivity contribution in [2.45, 2.75) is 37.7 Å². The molecule has 4 heterocycles. The number of likely N-dealkylation sites (tertiary alicyclic amines) is 1. The SMILES string of the molecule is Nc1ncc(-c2cn(C3C4CN(C5COC5)CC43)c(CC3CC3)n2)cc1OC(F)(F)F. The van der Waals surface area contributed by atoms with Crippen molar-refractivity contribution in [2.24, 2.45) is 17.8 Å². The number of anilines is 1. The van der Waals surface area contributed by atoms with E-state index in [0.717, 1.165) is 38.5 Å². The number of ether oxygens (including phenoxy) is 2. The molecule has 2 saturated heterocycles. The maximum atomic E-state index is 12.7. The molecule has 2 aromatic heterocycles. The van der Waals surface area contributed by atoms with Crippen LogP contribution in [0.3, 0.4) is 0 Å². The number of nitrogens with zero attached hydrogens (tertiary/aromatic N) is 4. The molecule has 0 spiro atoms. The Labute approximate surface area is 177 Å². The molecule has 7 nitrogen and oxygen atoms in total. The molecule has 166 valence electrons. The molecule has 31 heavy (non-hydrogen) atoms. The lowest BCUT2D eigenvalue weighted by molar-refractivity contribution is -0.274. The van der Waals surface area contributed by atoms with Crippen molar-refractivity contribution in [1.29, 1.82) is 0 Å². The van der Waals surface area contributed by atoms with E-state index < -0.39 is 12.1 Å². The molecule has 4 fully saturated rings. The van der Waals surface area contributed by atoms with E-state index >= 15 is 0 Å². The second kappa shape index (κ2) is 6.83. The average molecular weight is 435 g/mol. The number of alkyl halides is 3. The fourth-order valence-electron chi connectivity index (χ4n) is 5.03. The normalized spacial score (nSPS) is 28.4. The van der Waals surface area contributed by atoms with Crippen LogP contribution in [0.2, 0.25) is 0 Å². The second-order valence-corrected chi connectivity index (χ2v) is 9.22. The molecule has 10 heteroatoms. The van der Waals surface area contributed by atoms with Crippen molar-refractivity contribution in [1.82, 2.24) is 19.4 Å². The molecule has 0 aromatic carbocycles. The highest BCUT2D eigenvalue weighted by Gasteiger charge is 2.58. The van der Waals surface area contributed by atoms with Crippen LogP contribution >= 0.6 is 0 Å². The zero-order valence-corrected chi connectivity index (χ0v) is 16.9. The third kappa shape index (κ3) is 3.65. The summed E-state index contributed by atoms with van der Waals surface area (Å²) < 4.78 is 49.7. The Hall–Kier alpha value is -2.33. The van der Waals surface area contributed by atoms with Crippen molar-refractivity contribution in [2.75, 3.05) is 32.0 Å². The fourth-order valence-corrected chi connectivity index (χ4v) is 5.03. The van der Waals surface area contributed by atoms with Gasteiger partial charge in [-0.2, -0.15) is 0 Å². The van der Waals surface area contributed by atoms with Crippen LogP contribution < -0.4 is 10.5 Å². The molecule has 2 aliphatic carbocycles. The minimum Gasteiger partial charge on any atom is -0.402 e. The standard InChI is InChI=1S/C21H24F3N5O2/c22-21(23,24)31-17-4-12(5-26-20(17)25)16-8-29(18(27-16)3-11-1-2-11)19-14-6-28(7-15(14)19)13-9-30-10-13/h4-5,8,11,13-15,19H,1-3,6-7,9-10H2,(H2,25,26). The van der Waals surface area contributed by atoms with E-state index in [-0.39, 0.29) is 5.82 Å². The maximum Gasteiger partial charge on any atom is 0.573 e. The number of hydrogen-bond acceptors (Lipinski definition) is 6. The Morgan fingerprint density at radius 2 is 1.94 bits per heavy atom. The van der Waals surface area contributed by atoms with Crippen LogP contribution in [-0.2, 0) is 11.2 Å². The summed E-state index contributed by atoms with van der Waals surface area (Å²) in [7, 11) is 0. The van der Waals surface area contributed by atoms with Crippen molar-refractivity contribution in [3.63, 3.8) is 0 Å². The zero-order valence-electron chi connectivity index (χ0n) is 16.9. The number of nitrogen functional groups attached to an aromatic ring is 1. The quantitative estimate of drug-likeness (QED) is 0.752. The first-order valence-corrected chi connectivity index (χ1v) is 10.8. The van der Waals surface area contributed by atoms with Crippen LogP contribution in [0.5, 0.6) is 5.75 Å². The predicted molar refractivity (Wildman–Crippen MR) is 105 cm³/mol. The highest BCUT2D eigenvalue weighted by molar-refractivity contribution is 5.64. The van der Waals surface area contributed by atoms with Gasteiger partial charge in [0, 0.05) is 43.5 Å². The van der Waals surface area contributed by atoms with Crippen molar-refractivity contribution < 1.29 is 22.6 Å². The fraction of sp³-hybridized carbons (Fsp3) is 0.619. The van der Waals surface area contributed by atoms with Gasteiger partial charge < -0.3 is 19.8 Å². The summed E-state index contributed by atoms with van der Waals surface area (Å²) in [6.07, 6.45) is 1.93. The van der Waals surface area contributed by atoms with E-state index in [1.54, 1.807) is 0 Å². The van der Waals surface area contributed by atoms with Gasteiger partial charge in [-0.15, -0.1) is 13.2 Å². The zero-order chi connectivity index (χ0) is 21.3. The first-order chi connectivity index (χ1) is 14.9.